The van der Waals surface area contributed by atoms with Crippen LogP contribution in [-0.2, 0) is 0 Å². The van der Waals surface area contributed by atoms with Crippen LogP contribution in [0.1, 0.15) is 18.9 Å². The van der Waals surface area contributed by atoms with E-state index in [0.29, 0.717) is 5.56 Å². The molecule has 0 saturated carbocycles. The van der Waals surface area contributed by atoms with Gasteiger partial charge in [0.15, 0.2) is 0 Å². The normalized spacial score (nSPS) is 12.2. The summed E-state index contributed by atoms with van der Waals surface area (Å²) in [5.41, 5.74) is 7.23. The maximum atomic E-state index is 10.7. The lowest BCUT2D eigenvalue weighted by Crippen LogP contribution is -2.19. The van der Waals surface area contributed by atoms with E-state index < -0.39 is 0 Å². The molecule has 0 heterocycles. The highest BCUT2D eigenvalue weighted by Crippen LogP contribution is 2.24. The second-order valence-corrected chi connectivity index (χ2v) is 3.90. The first-order chi connectivity index (χ1) is 7.52. The first-order valence-electron chi connectivity index (χ1n) is 5.26. The Morgan fingerprint density at radius 1 is 1.56 bits per heavy atom. The monoisotopic (exact) mass is 223 g/mol. The van der Waals surface area contributed by atoms with Crippen LogP contribution in [0.15, 0.2) is 18.2 Å². The molecule has 1 aromatic carbocycles. The molecular weight excluding hydrogens is 206 g/mol. The van der Waals surface area contributed by atoms with Crippen LogP contribution in [0, 0.1) is 17.0 Å². The van der Waals surface area contributed by atoms with E-state index in [1.165, 1.54) is 6.07 Å². The van der Waals surface area contributed by atoms with Gasteiger partial charge in [-0.15, -0.1) is 0 Å². The number of hydrogen-bond donors (Lipinski definition) is 2. The third kappa shape index (κ3) is 3.20. The van der Waals surface area contributed by atoms with Crippen LogP contribution in [-0.4, -0.2) is 17.5 Å². The maximum absolute atomic E-state index is 10.7. The van der Waals surface area contributed by atoms with E-state index in [9.17, 15) is 10.1 Å². The van der Waals surface area contributed by atoms with Gasteiger partial charge in [0.05, 0.1) is 4.92 Å². The molecule has 16 heavy (non-hydrogen) atoms. The zero-order chi connectivity index (χ0) is 12.1. The third-order valence-corrected chi connectivity index (χ3v) is 2.42. The molecule has 1 aromatic rings. The van der Waals surface area contributed by atoms with Crippen LogP contribution in [0.2, 0.25) is 0 Å². The summed E-state index contributed by atoms with van der Waals surface area (Å²) in [5, 5.41) is 13.9. The lowest BCUT2D eigenvalue weighted by Gasteiger charge is -2.10. The standard InChI is InChI=1S/C11H17N3O2/c1-8(12)6-7-13-10-4-3-5-11(9(10)2)14(15)16/h3-5,8,13H,6-7,12H2,1-2H3. The first-order valence-corrected chi connectivity index (χ1v) is 5.26. The average molecular weight is 223 g/mol. The predicted octanol–water partition coefficient (Wildman–Crippen LogP) is 2.05. The SMILES string of the molecule is Cc1c(NCCC(C)N)cccc1[N+](=O)[O-]. The minimum atomic E-state index is -0.369. The number of benzene rings is 1. The van der Waals surface area contributed by atoms with Crippen molar-refractivity contribution in [2.24, 2.45) is 5.73 Å². The van der Waals surface area contributed by atoms with Crippen LogP contribution in [0.3, 0.4) is 0 Å². The topological polar surface area (TPSA) is 81.2 Å². The summed E-state index contributed by atoms with van der Waals surface area (Å²) < 4.78 is 0. The first kappa shape index (κ1) is 12.4. The third-order valence-electron chi connectivity index (χ3n) is 2.42. The van der Waals surface area contributed by atoms with E-state index in [1.807, 2.05) is 13.0 Å². The number of nitrogens with one attached hydrogen (secondary N) is 1. The Hall–Kier alpha value is -1.62. The number of rotatable bonds is 5. The van der Waals surface area contributed by atoms with Crippen molar-refractivity contribution in [3.05, 3.63) is 33.9 Å². The zero-order valence-electron chi connectivity index (χ0n) is 9.56. The quantitative estimate of drug-likeness (QED) is 0.591. The van der Waals surface area contributed by atoms with E-state index in [0.717, 1.165) is 18.7 Å². The molecule has 88 valence electrons. The Labute approximate surface area is 94.8 Å². The summed E-state index contributed by atoms with van der Waals surface area (Å²) >= 11 is 0. The fourth-order valence-electron chi connectivity index (χ4n) is 1.45. The van der Waals surface area contributed by atoms with Crippen LogP contribution in [0.25, 0.3) is 0 Å². The molecule has 1 rings (SSSR count). The van der Waals surface area contributed by atoms with Gasteiger partial charge in [0.1, 0.15) is 0 Å². The summed E-state index contributed by atoms with van der Waals surface area (Å²) in [7, 11) is 0. The molecule has 5 heteroatoms. The largest absolute Gasteiger partial charge is 0.385 e. The van der Waals surface area contributed by atoms with Gasteiger partial charge in [-0.2, -0.15) is 0 Å². The molecule has 0 radical (unpaired) electrons. The molecule has 0 aliphatic heterocycles. The fraction of sp³-hybridized carbons (Fsp3) is 0.455. The summed E-state index contributed by atoms with van der Waals surface area (Å²) in [4.78, 5) is 10.3. The zero-order valence-corrected chi connectivity index (χ0v) is 9.56. The number of nitro groups is 1. The fourth-order valence-corrected chi connectivity index (χ4v) is 1.45. The van der Waals surface area contributed by atoms with Crippen molar-refractivity contribution in [3.8, 4) is 0 Å². The summed E-state index contributed by atoms with van der Waals surface area (Å²) in [5.74, 6) is 0. The van der Waals surface area contributed by atoms with Gasteiger partial charge in [0.25, 0.3) is 5.69 Å². The molecule has 3 N–H and O–H groups in total. The molecule has 0 fully saturated rings. The van der Waals surface area contributed by atoms with Crippen molar-refractivity contribution in [2.75, 3.05) is 11.9 Å². The second-order valence-electron chi connectivity index (χ2n) is 3.90. The second kappa shape index (κ2) is 5.46. The molecule has 0 aliphatic carbocycles. The smallest absolute Gasteiger partial charge is 0.274 e. The highest BCUT2D eigenvalue weighted by Gasteiger charge is 2.12. The molecule has 0 bridgehead atoms. The van der Waals surface area contributed by atoms with Gasteiger partial charge in [0, 0.05) is 29.9 Å². The average Bonchev–Trinajstić information content (AvgIpc) is 2.19. The van der Waals surface area contributed by atoms with Gasteiger partial charge in [-0.1, -0.05) is 6.07 Å². The Morgan fingerprint density at radius 3 is 2.81 bits per heavy atom. The molecule has 0 aromatic heterocycles. The van der Waals surface area contributed by atoms with E-state index in [1.54, 1.807) is 13.0 Å². The van der Waals surface area contributed by atoms with Gasteiger partial charge in [-0.25, -0.2) is 0 Å². The van der Waals surface area contributed by atoms with Gasteiger partial charge in [0.2, 0.25) is 0 Å². The highest BCUT2D eigenvalue weighted by molar-refractivity contribution is 5.59. The Bertz CT molecular complexity index is 377. The number of nitro benzene ring substituents is 1. The van der Waals surface area contributed by atoms with E-state index >= 15 is 0 Å². The van der Waals surface area contributed by atoms with Gasteiger partial charge in [-0.3, -0.25) is 10.1 Å². The summed E-state index contributed by atoms with van der Waals surface area (Å²) in [6.45, 7) is 4.40. The number of hydrogen-bond acceptors (Lipinski definition) is 4. The molecule has 1 unspecified atom stereocenters. The van der Waals surface area contributed by atoms with E-state index in [2.05, 4.69) is 5.32 Å². The van der Waals surface area contributed by atoms with Crippen molar-refractivity contribution in [1.29, 1.82) is 0 Å². The minimum absolute atomic E-state index is 0.131. The summed E-state index contributed by atoms with van der Waals surface area (Å²) in [6.07, 6.45) is 0.835. The Balaban J connectivity index is 2.73. The summed E-state index contributed by atoms with van der Waals surface area (Å²) in [6, 6.07) is 5.15. The minimum Gasteiger partial charge on any atom is -0.385 e. The van der Waals surface area contributed by atoms with Crippen LogP contribution < -0.4 is 11.1 Å². The molecule has 0 aliphatic rings. The van der Waals surface area contributed by atoms with Crippen LogP contribution in [0.5, 0.6) is 0 Å². The van der Waals surface area contributed by atoms with Gasteiger partial charge in [-0.05, 0) is 26.3 Å². The van der Waals surface area contributed by atoms with Crippen molar-refractivity contribution >= 4 is 11.4 Å². The molecule has 0 saturated heterocycles. The van der Waals surface area contributed by atoms with E-state index in [-0.39, 0.29) is 16.7 Å². The number of anilines is 1. The van der Waals surface area contributed by atoms with Crippen molar-refractivity contribution in [1.82, 2.24) is 0 Å². The Kier molecular flexibility index (Phi) is 4.25. The maximum Gasteiger partial charge on any atom is 0.274 e. The molecular formula is C11H17N3O2. The van der Waals surface area contributed by atoms with Crippen molar-refractivity contribution < 1.29 is 4.92 Å². The van der Waals surface area contributed by atoms with Crippen LogP contribution in [0.4, 0.5) is 11.4 Å². The van der Waals surface area contributed by atoms with Gasteiger partial charge >= 0.3 is 0 Å². The molecule has 0 spiro atoms. The number of nitrogens with zero attached hydrogens (tertiary/aromatic N) is 1. The van der Waals surface area contributed by atoms with Crippen molar-refractivity contribution in [2.45, 2.75) is 26.3 Å². The van der Waals surface area contributed by atoms with Crippen LogP contribution >= 0.6 is 0 Å². The van der Waals surface area contributed by atoms with E-state index in [4.69, 9.17) is 5.73 Å². The lowest BCUT2D eigenvalue weighted by atomic mass is 10.1. The highest BCUT2D eigenvalue weighted by atomic mass is 16.6. The molecule has 0 amide bonds. The molecule has 5 nitrogen and oxygen atoms in total. The lowest BCUT2D eigenvalue weighted by molar-refractivity contribution is -0.385. The predicted molar refractivity (Wildman–Crippen MR) is 64.6 cm³/mol. The number of nitrogens with two attached hydrogens (primary N) is 1. The molecule has 1 atom stereocenters. The van der Waals surface area contributed by atoms with Gasteiger partial charge < -0.3 is 11.1 Å². The van der Waals surface area contributed by atoms with Crippen molar-refractivity contribution in [3.63, 3.8) is 0 Å². The Morgan fingerprint density at radius 2 is 2.25 bits per heavy atom.